The number of aliphatic hydroxyl groups is 1. The number of nitro benzene ring substituents is 1. The molecule has 1 aromatic carbocycles. The maximum atomic E-state index is 12.4. The molecule has 1 aliphatic rings. The van der Waals surface area contributed by atoms with Crippen molar-refractivity contribution in [1.29, 1.82) is 0 Å². The number of nitrogens with zero attached hydrogens (tertiary/aromatic N) is 1. The Hall–Kier alpha value is -1.95. The predicted octanol–water partition coefficient (Wildman–Crippen LogP) is 2.18. The van der Waals surface area contributed by atoms with Crippen LogP contribution in [0.3, 0.4) is 0 Å². The second-order valence-electron chi connectivity index (χ2n) is 5.51. The first-order valence-corrected chi connectivity index (χ1v) is 7.20. The van der Waals surface area contributed by atoms with Gasteiger partial charge in [0.2, 0.25) is 0 Å². The van der Waals surface area contributed by atoms with E-state index in [0.29, 0.717) is 11.1 Å². The molecule has 2 unspecified atom stereocenters. The Morgan fingerprint density at radius 1 is 1.43 bits per heavy atom. The fourth-order valence-electron chi connectivity index (χ4n) is 2.93. The fraction of sp³-hybridized carbons (Fsp3) is 0.533. The van der Waals surface area contributed by atoms with Gasteiger partial charge >= 0.3 is 0 Å². The number of nitrogens with one attached hydrogen (secondary N) is 1. The molecule has 21 heavy (non-hydrogen) atoms. The molecule has 0 heterocycles. The Morgan fingerprint density at radius 2 is 2.14 bits per heavy atom. The number of nitro groups is 1. The minimum absolute atomic E-state index is 0.0509. The number of carbonyl (C=O) groups excluding carboxylic acids is 1. The van der Waals surface area contributed by atoms with Crippen molar-refractivity contribution in [1.82, 2.24) is 5.32 Å². The maximum Gasteiger partial charge on any atom is 0.273 e. The van der Waals surface area contributed by atoms with Crippen LogP contribution in [-0.2, 0) is 0 Å². The summed E-state index contributed by atoms with van der Waals surface area (Å²) in [5.41, 5.74) is 0.646. The molecule has 1 fully saturated rings. The third-order valence-corrected chi connectivity index (χ3v) is 4.21. The van der Waals surface area contributed by atoms with Crippen molar-refractivity contribution in [2.24, 2.45) is 5.92 Å². The van der Waals surface area contributed by atoms with Crippen LogP contribution >= 0.6 is 0 Å². The summed E-state index contributed by atoms with van der Waals surface area (Å²) in [6, 6.07) is 4.44. The highest BCUT2D eigenvalue weighted by molar-refractivity contribution is 5.96. The van der Waals surface area contributed by atoms with Gasteiger partial charge in [-0.15, -0.1) is 0 Å². The molecule has 0 saturated heterocycles. The van der Waals surface area contributed by atoms with Crippen molar-refractivity contribution < 1.29 is 14.8 Å². The number of hydrogen-bond donors (Lipinski definition) is 2. The molecule has 1 amide bonds. The van der Waals surface area contributed by atoms with Crippen LogP contribution in [0.15, 0.2) is 18.2 Å². The van der Waals surface area contributed by atoms with Gasteiger partial charge in [0, 0.05) is 35.8 Å². The molecule has 0 aliphatic heterocycles. The zero-order valence-electron chi connectivity index (χ0n) is 12.0. The van der Waals surface area contributed by atoms with Gasteiger partial charge in [-0.05, 0) is 25.8 Å². The zero-order valence-corrected chi connectivity index (χ0v) is 12.0. The predicted molar refractivity (Wildman–Crippen MR) is 78.1 cm³/mol. The van der Waals surface area contributed by atoms with E-state index in [2.05, 4.69) is 5.32 Å². The molecule has 1 aromatic rings. The van der Waals surface area contributed by atoms with Crippen LogP contribution in [0.2, 0.25) is 0 Å². The number of benzene rings is 1. The smallest absolute Gasteiger partial charge is 0.273 e. The average molecular weight is 292 g/mol. The van der Waals surface area contributed by atoms with E-state index < -0.39 is 4.92 Å². The van der Waals surface area contributed by atoms with Gasteiger partial charge in [0.05, 0.1) is 4.92 Å². The van der Waals surface area contributed by atoms with Crippen molar-refractivity contribution >= 4 is 11.6 Å². The van der Waals surface area contributed by atoms with Gasteiger partial charge in [-0.1, -0.05) is 18.9 Å². The summed E-state index contributed by atoms with van der Waals surface area (Å²) in [6.07, 6.45) is 3.82. The Kier molecular flexibility index (Phi) is 4.90. The van der Waals surface area contributed by atoms with Crippen LogP contribution in [-0.4, -0.2) is 28.6 Å². The van der Waals surface area contributed by atoms with Gasteiger partial charge in [-0.25, -0.2) is 0 Å². The minimum atomic E-state index is -0.483. The molecular weight excluding hydrogens is 272 g/mol. The van der Waals surface area contributed by atoms with Crippen LogP contribution in [0.5, 0.6) is 0 Å². The highest BCUT2D eigenvalue weighted by atomic mass is 16.6. The van der Waals surface area contributed by atoms with Gasteiger partial charge in [0.15, 0.2) is 0 Å². The first-order valence-electron chi connectivity index (χ1n) is 7.20. The largest absolute Gasteiger partial charge is 0.396 e. The molecule has 1 aliphatic carbocycles. The van der Waals surface area contributed by atoms with Gasteiger partial charge in [-0.2, -0.15) is 0 Å². The third-order valence-electron chi connectivity index (χ3n) is 4.21. The monoisotopic (exact) mass is 292 g/mol. The highest BCUT2D eigenvalue weighted by Gasteiger charge is 2.27. The summed E-state index contributed by atoms with van der Waals surface area (Å²) in [6.45, 7) is 1.64. The Morgan fingerprint density at radius 3 is 2.81 bits per heavy atom. The van der Waals surface area contributed by atoms with Crippen LogP contribution in [0.1, 0.15) is 41.6 Å². The van der Waals surface area contributed by atoms with Crippen LogP contribution in [0.25, 0.3) is 0 Å². The second kappa shape index (κ2) is 6.67. The molecule has 6 nitrogen and oxygen atoms in total. The average Bonchev–Trinajstić information content (AvgIpc) is 2.47. The molecule has 1 saturated carbocycles. The standard InChI is InChI=1S/C15H20N2O4/c1-10-12(6-4-8-14(10)17(20)21)15(19)16-13-7-3-2-5-11(13)9-18/h4,6,8,11,13,18H,2-3,5,7,9H2,1H3,(H,16,19). The number of hydrogen-bond acceptors (Lipinski definition) is 4. The maximum absolute atomic E-state index is 12.4. The number of amides is 1. The van der Waals surface area contributed by atoms with Gasteiger partial charge in [-0.3, -0.25) is 14.9 Å². The Balaban J connectivity index is 2.17. The van der Waals surface area contributed by atoms with Crippen molar-refractivity contribution in [3.05, 3.63) is 39.4 Å². The van der Waals surface area contributed by atoms with Crippen LogP contribution in [0.4, 0.5) is 5.69 Å². The van der Waals surface area contributed by atoms with Crippen molar-refractivity contribution in [3.63, 3.8) is 0 Å². The highest BCUT2D eigenvalue weighted by Crippen LogP contribution is 2.25. The van der Waals surface area contributed by atoms with Crippen molar-refractivity contribution in [3.8, 4) is 0 Å². The number of carbonyl (C=O) groups is 1. The number of rotatable bonds is 4. The summed E-state index contributed by atoms with van der Waals surface area (Å²) in [5.74, 6) is -0.233. The SMILES string of the molecule is Cc1c(C(=O)NC2CCCCC2CO)cccc1[N+](=O)[O-]. The van der Waals surface area contributed by atoms with Crippen molar-refractivity contribution in [2.45, 2.75) is 38.6 Å². The molecule has 2 rings (SSSR count). The summed E-state index contributed by atoms with van der Waals surface area (Å²) in [5, 5.41) is 23.2. The van der Waals surface area contributed by atoms with Gasteiger partial charge in [0.25, 0.3) is 11.6 Å². The van der Waals surface area contributed by atoms with Crippen LogP contribution in [0, 0.1) is 23.0 Å². The quantitative estimate of drug-likeness (QED) is 0.657. The molecule has 0 aromatic heterocycles. The van der Waals surface area contributed by atoms with E-state index in [1.807, 2.05) is 0 Å². The Bertz CT molecular complexity index is 544. The summed E-state index contributed by atoms with van der Waals surface area (Å²) >= 11 is 0. The molecule has 0 bridgehead atoms. The lowest BCUT2D eigenvalue weighted by atomic mass is 9.85. The third kappa shape index (κ3) is 3.39. The molecular formula is C15H20N2O4. The van der Waals surface area contributed by atoms with E-state index in [0.717, 1.165) is 25.7 Å². The molecule has 0 spiro atoms. The van der Waals surface area contributed by atoms with Gasteiger partial charge < -0.3 is 10.4 Å². The van der Waals surface area contributed by atoms with E-state index in [4.69, 9.17) is 0 Å². The van der Waals surface area contributed by atoms with E-state index in [9.17, 15) is 20.0 Å². The molecule has 2 N–H and O–H groups in total. The van der Waals surface area contributed by atoms with E-state index in [1.165, 1.54) is 12.1 Å². The topological polar surface area (TPSA) is 92.5 Å². The van der Waals surface area contributed by atoms with Crippen LogP contribution < -0.4 is 5.32 Å². The second-order valence-corrected chi connectivity index (χ2v) is 5.51. The fourth-order valence-corrected chi connectivity index (χ4v) is 2.93. The molecule has 6 heteroatoms. The lowest BCUT2D eigenvalue weighted by molar-refractivity contribution is -0.385. The Labute approximate surface area is 123 Å². The summed E-state index contributed by atoms with van der Waals surface area (Å²) in [7, 11) is 0. The normalized spacial score (nSPS) is 21.8. The summed E-state index contributed by atoms with van der Waals surface area (Å²) in [4.78, 5) is 22.8. The minimum Gasteiger partial charge on any atom is -0.396 e. The van der Waals surface area contributed by atoms with Gasteiger partial charge in [0.1, 0.15) is 0 Å². The van der Waals surface area contributed by atoms with E-state index in [-0.39, 0.29) is 30.2 Å². The van der Waals surface area contributed by atoms with E-state index >= 15 is 0 Å². The zero-order chi connectivity index (χ0) is 15.4. The van der Waals surface area contributed by atoms with Crippen molar-refractivity contribution in [2.75, 3.05) is 6.61 Å². The first kappa shape index (κ1) is 15.4. The molecule has 114 valence electrons. The molecule has 2 atom stereocenters. The van der Waals surface area contributed by atoms with E-state index in [1.54, 1.807) is 13.0 Å². The number of aliphatic hydroxyl groups excluding tert-OH is 1. The lowest BCUT2D eigenvalue weighted by Crippen LogP contribution is -2.43. The molecule has 0 radical (unpaired) electrons. The lowest BCUT2D eigenvalue weighted by Gasteiger charge is -2.31. The summed E-state index contributed by atoms with van der Waals surface area (Å²) < 4.78 is 0. The first-order chi connectivity index (χ1) is 10.0.